The number of oxime groups is 1. The van der Waals surface area contributed by atoms with Crippen LogP contribution in [0.15, 0.2) is 35.5 Å². The lowest BCUT2D eigenvalue weighted by Gasteiger charge is -2.20. The van der Waals surface area contributed by atoms with Crippen molar-refractivity contribution in [3.8, 4) is 0 Å². The van der Waals surface area contributed by atoms with Gasteiger partial charge in [0.1, 0.15) is 5.82 Å². The Kier molecular flexibility index (Phi) is 5.06. The summed E-state index contributed by atoms with van der Waals surface area (Å²) in [7, 11) is 0. The van der Waals surface area contributed by atoms with Gasteiger partial charge in [0.15, 0.2) is 0 Å². The summed E-state index contributed by atoms with van der Waals surface area (Å²) < 4.78 is 15.3. The highest BCUT2D eigenvalue weighted by molar-refractivity contribution is 6.05. The van der Waals surface area contributed by atoms with E-state index in [9.17, 15) is 9.18 Å². The number of nitrogens with one attached hydrogen (secondary N) is 1. The third kappa shape index (κ3) is 3.92. The molecule has 0 saturated heterocycles. The maximum Gasteiger partial charge on any atom is 0.267 e. The second kappa shape index (κ2) is 7.27. The molecule has 2 aromatic rings. The number of hydrogen-bond donors (Lipinski definition) is 1. The summed E-state index contributed by atoms with van der Waals surface area (Å²) in [5.74, 6) is -0.562. The van der Waals surface area contributed by atoms with Crippen molar-refractivity contribution < 1.29 is 14.0 Å². The van der Waals surface area contributed by atoms with Crippen molar-refractivity contribution >= 4 is 11.6 Å². The van der Waals surface area contributed by atoms with Crippen LogP contribution in [0.5, 0.6) is 0 Å². The van der Waals surface area contributed by atoms with Crippen LogP contribution in [-0.4, -0.2) is 33.5 Å². The molecule has 0 bridgehead atoms. The topological polar surface area (TPSA) is 68.5 Å². The summed E-state index contributed by atoms with van der Waals surface area (Å²) in [6, 6.07) is 8.15. The number of amides is 1. The number of benzene rings is 1. The first-order chi connectivity index (χ1) is 12.4. The Morgan fingerprint density at radius 3 is 2.88 bits per heavy atom. The minimum Gasteiger partial charge on any atom is -0.379 e. The van der Waals surface area contributed by atoms with Crippen LogP contribution in [0.3, 0.4) is 0 Å². The maximum atomic E-state index is 13.4. The summed E-state index contributed by atoms with van der Waals surface area (Å²) >= 11 is 0. The molecule has 1 amide bonds. The van der Waals surface area contributed by atoms with Gasteiger partial charge >= 0.3 is 0 Å². The zero-order valence-corrected chi connectivity index (χ0v) is 15.3. The van der Waals surface area contributed by atoms with Crippen LogP contribution in [0, 0.1) is 19.7 Å². The molecule has 2 heterocycles. The van der Waals surface area contributed by atoms with Gasteiger partial charge in [-0.05, 0) is 45.4 Å². The van der Waals surface area contributed by atoms with E-state index in [0.29, 0.717) is 24.2 Å². The number of halogens is 1. The highest BCUT2D eigenvalue weighted by Crippen LogP contribution is 2.27. The van der Waals surface area contributed by atoms with Crippen LogP contribution in [0.25, 0.3) is 0 Å². The fourth-order valence-electron chi connectivity index (χ4n) is 3.00. The van der Waals surface area contributed by atoms with Crippen molar-refractivity contribution in [3.05, 3.63) is 53.1 Å². The first-order valence-electron chi connectivity index (χ1n) is 8.68. The lowest BCUT2D eigenvalue weighted by atomic mass is 9.95. The molecule has 7 heteroatoms. The van der Waals surface area contributed by atoms with Gasteiger partial charge in [0, 0.05) is 30.8 Å². The fraction of sp³-hybridized carbons (Fsp3) is 0.421. The van der Waals surface area contributed by atoms with Crippen molar-refractivity contribution in [2.45, 2.75) is 45.8 Å². The van der Waals surface area contributed by atoms with Gasteiger partial charge in [-0.1, -0.05) is 17.3 Å². The van der Waals surface area contributed by atoms with Crippen LogP contribution in [0.4, 0.5) is 4.39 Å². The standard InChI is InChI=1S/C19H23FN4O2/c1-13-10-14(2)24(22-13)9-5-8-21-18(25)19(3)12-17(23-26-19)15-6-4-7-16(20)11-15/h4,6-7,10-11H,5,8-9,12H2,1-3H3,(H,21,25). The first kappa shape index (κ1) is 18.1. The fourth-order valence-corrected chi connectivity index (χ4v) is 3.00. The number of hydrogen-bond acceptors (Lipinski definition) is 4. The molecule has 0 aliphatic carbocycles. The Labute approximate surface area is 152 Å². The lowest BCUT2D eigenvalue weighted by Crippen LogP contribution is -2.45. The van der Waals surface area contributed by atoms with Gasteiger partial charge in [-0.25, -0.2) is 4.39 Å². The van der Waals surface area contributed by atoms with Crippen molar-refractivity contribution in [2.75, 3.05) is 6.54 Å². The zero-order chi connectivity index (χ0) is 18.7. The van der Waals surface area contributed by atoms with E-state index in [0.717, 1.165) is 24.4 Å². The number of aryl methyl sites for hydroxylation is 3. The number of nitrogens with zero attached hydrogens (tertiary/aromatic N) is 3. The molecular formula is C19H23FN4O2. The number of carbonyl (C=O) groups is 1. The van der Waals surface area contributed by atoms with Crippen molar-refractivity contribution in [3.63, 3.8) is 0 Å². The van der Waals surface area contributed by atoms with Gasteiger partial charge in [0.25, 0.3) is 5.91 Å². The maximum absolute atomic E-state index is 13.4. The van der Waals surface area contributed by atoms with Crippen molar-refractivity contribution in [1.82, 2.24) is 15.1 Å². The summed E-state index contributed by atoms with van der Waals surface area (Å²) in [5, 5.41) is 11.3. The summed E-state index contributed by atoms with van der Waals surface area (Å²) in [4.78, 5) is 17.9. The van der Waals surface area contributed by atoms with Crippen molar-refractivity contribution in [2.24, 2.45) is 5.16 Å². The molecule has 1 aromatic heterocycles. The van der Waals surface area contributed by atoms with Gasteiger partial charge in [-0.15, -0.1) is 0 Å². The Hall–Kier alpha value is -2.70. The second-order valence-electron chi connectivity index (χ2n) is 6.81. The molecule has 1 aliphatic heterocycles. The van der Waals surface area contributed by atoms with E-state index in [1.54, 1.807) is 19.1 Å². The molecule has 138 valence electrons. The monoisotopic (exact) mass is 358 g/mol. The van der Waals surface area contributed by atoms with E-state index in [2.05, 4.69) is 15.6 Å². The van der Waals surface area contributed by atoms with Gasteiger partial charge in [0.05, 0.1) is 11.4 Å². The van der Waals surface area contributed by atoms with Crippen LogP contribution < -0.4 is 5.32 Å². The minimum absolute atomic E-state index is 0.221. The zero-order valence-electron chi connectivity index (χ0n) is 15.3. The normalized spacial score (nSPS) is 19.2. The molecule has 3 rings (SSSR count). The van der Waals surface area contributed by atoms with Crippen LogP contribution >= 0.6 is 0 Å². The van der Waals surface area contributed by atoms with Gasteiger partial charge in [0.2, 0.25) is 5.60 Å². The van der Waals surface area contributed by atoms with Gasteiger partial charge < -0.3 is 10.2 Å². The Bertz CT molecular complexity index is 846. The third-order valence-corrected chi connectivity index (χ3v) is 4.44. The Morgan fingerprint density at radius 1 is 1.38 bits per heavy atom. The predicted molar refractivity (Wildman–Crippen MR) is 96.4 cm³/mol. The molecule has 0 fully saturated rings. The van der Waals surface area contributed by atoms with E-state index in [1.807, 2.05) is 24.6 Å². The van der Waals surface area contributed by atoms with Crippen LogP contribution in [-0.2, 0) is 16.2 Å². The Balaban J connectivity index is 1.50. The van der Waals surface area contributed by atoms with E-state index >= 15 is 0 Å². The molecule has 1 unspecified atom stereocenters. The average Bonchev–Trinajstić information content (AvgIpc) is 3.15. The Morgan fingerprint density at radius 2 is 2.19 bits per heavy atom. The number of rotatable bonds is 6. The molecular weight excluding hydrogens is 335 g/mol. The molecule has 0 saturated carbocycles. The summed E-state index contributed by atoms with van der Waals surface area (Å²) in [6.07, 6.45) is 1.07. The summed E-state index contributed by atoms with van der Waals surface area (Å²) in [5.41, 5.74) is 2.23. The molecule has 1 atom stereocenters. The molecule has 6 nitrogen and oxygen atoms in total. The predicted octanol–water partition coefficient (Wildman–Crippen LogP) is 2.73. The van der Waals surface area contributed by atoms with Gasteiger partial charge in [-0.3, -0.25) is 9.48 Å². The molecule has 26 heavy (non-hydrogen) atoms. The van der Waals surface area contributed by atoms with Crippen LogP contribution in [0.2, 0.25) is 0 Å². The SMILES string of the molecule is Cc1cc(C)n(CCCNC(=O)C2(C)CC(c3cccc(F)c3)=NO2)n1. The first-order valence-corrected chi connectivity index (χ1v) is 8.68. The molecule has 1 aromatic carbocycles. The van der Waals surface area contributed by atoms with Gasteiger partial charge in [-0.2, -0.15) is 5.10 Å². The third-order valence-electron chi connectivity index (χ3n) is 4.44. The molecule has 0 radical (unpaired) electrons. The highest BCUT2D eigenvalue weighted by Gasteiger charge is 2.42. The van der Waals surface area contributed by atoms with E-state index in [-0.39, 0.29) is 11.7 Å². The van der Waals surface area contributed by atoms with Crippen LogP contribution in [0.1, 0.15) is 36.7 Å². The highest BCUT2D eigenvalue weighted by atomic mass is 19.1. The molecule has 1 N–H and O–H groups in total. The largest absolute Gasteiger partial charge is 0.379 e. The van der Waals surface area contributed by atoms with Crippen molar-refractivity contribution in [1.29, 1.82) is 0 Å². The molecule has 0 spiro atoms. The second-order valence-corrected chi connectivity index (χ2v) is 6.81. The number of carbonyl (C=O) groups excluding carboxylic acids is 1. The minimum atomic E-state index is -1.07. The smallest absolute Gasteiger partial charge is 0.267 e. The average molecular weight is 358 g/mol. The summed E-state index contributed by atoms with van der Waals surface area (Å²) in [6.45, 7) is 6.92. The number of aromatic nitrogens is 2. The van der Waals surface area contributed by atoms with E-state index in [4.69, 9.17) is 4.84 Å². The lowest BCUT2D eigenvalue weighted by molar-refractivity contribution is -0.141. The van der Waals surface area contributed by atoms with E-state index < -0.39 is 5.60 Å². The van der Waals surface area contributed by atoms with E-state index in [1.165, 1.54) is 12.1 Å². The molecule has 1 aliphatic rings. The quantitative estimate of drug-likeness (QED) is 0.808.